The van der Waals surface area contributed by atoms with Crippen LogP contribution < -0.4 is 4.74 Å². The second-order valence-corrected chi connectivity index (χ2v) is 9.50. The zero-order valence-corrected chi connectivity index (χ0v) is 20.3. The minimum absolute atomic E-state index is 0.141. The fourth-order valence-electron chi connectivity index (χ4n) is 4.83. The first-order valence-corrected chi connectivity index (χ1v) is 12.6. The molecule has 0 radical (unpaired) electrons. The fraction of sp³-hybridized carbons (Fsp3) is 0.571. The van der Waals surface area contributed by atoms with Crippen LogP contribution in [-0.2, 0) is 17.3 Å². The van der Waals surface area contributed by atoms with Crippen molar-refractivity contribution in [2.24, 2.45) is 5.92 Å². The molecule has 1 saturated carbocycles. The van der Waals surface area contributed by atoms with Crippen LogP contribution in [0.4, 0.5) is 22.0 Å². The highest BCUT2D eigenvalue weighted by atomic mass is 19.4. The molecule has 1 fully saturated rings. The SMILES string of the molecule is CCCCCC[C@H]1CC[C@H](c2ccc(C(F)(F)OCCc3ccc(OC(F)(F)F)cc3)cc2)CC1. The van der Waals surface area contributed by atoms with E-state index in [1.165, 1.54) is 69.2 Å². The number of alkyl halides is 5. The third-order valence-corrected chi connectivity index (χ3v) is 6.86. The van der Waals surface area contributed by atoms with Crippen LogP contribution in [0.3, 0.4) is 0 Å². The predicted molar refractivity (Wildman–Crippen MR) is 127 cm³/mol. The molecule has 2 aromatic carbocycles. The third-order valence-electron chi connectivity index (χ3n) is 6.86. The first-order chi connectivity index (χ1) is 16.7. The van der Waals surface area contributed by atoms with Gasteiger partial charge in [0.1, 0.15) is 5.75 Å². The van der Waals surface area contributed by atoms with Gasteiger partial charge in [-0.25, -0.2) is 0 Å². The van der Waals surface area contributed by atoms with Gasteiger partial charge >= 0.3 is 12.5 Å². The summed E-state index contributed by atoms with van der Waals surface area (Å²) in [7, 11) is 0. The summed E-state index contributed by atoms with van der Waals surface area (Å²) in [5.41, 5.74) is 1.49. The van der Waals surface area contributed by atoms with E-state index in [0.717, 1.165) is 36.5 Å². The van der Waals surface area contributed by atoms with Gasteiger partial charge < -0.3 is 9.47 Å². The molecule has 0 heterocycles. The quantitative estimate of drug-likeness (QED) is 0.215. The molecule has 0 bridgehead atoms. The van der Waals surface area contributed by atoms with Crippen molar-refractivity contribution in [1.29, 1.82) is 0 Å². The molecule has 0 aromatic heterocycles. The topological polar surface area (TPSA) is 18.5 Å². The average Bonchev–Trinajstić information content (AvgIpc) is 2.82. The number of halogens is 5. The van der Waals surface area contributed by atoms with Gasteiger partial charge in [-0.1, -0.05) is 75.4 Å². The Morgan fingerprint density at radius 3 is 2.06 bits per heavy atom. The van der Waals surface area contributed by atoms with E-state index in [9.17, 15) is 22.0 Å². The smallest absolute Gasteiger partial charge is 0.406 e. The lowest BCUT2D eigenvalue weighted by Crippen LogP contribution is -2.20. The Kier molecular flexibility index (Phi) is 9.96. The van der Waals surface area contributed by atoms with Gasteiger partial charge in [0, 0.05) is 0 Å². The fourth-order valence-corrected chi connectivity index (χ4v) is 4.83. The third kappa shape index (κ3) is 9.10. The summed E-state index contributed by atoms with van der Waals surface area (Å²) in [5.74, 6) is 0.872. The molecule has 2 aromatic rings. The van der Waals surface area contributed by atoms with E-state index in [4.69, 9.17) is 4.74 Å². The van der Waals surface area contributed by atoms with E-state index < -0.39 is 12.5 Å². The van der Waals surface area contributed by atoms with Crippen molar-refractivity contribution < 1.29 is 31.4 Å². The minimum Gasteiger partial charge on any atom is -0.406 e. The molecule has 0 unspecified atom stereocenters. The molecule has 0 atom stereocenters. The Bertz CT molecular complexity index is 870. The molecule has 0 N–H and O–H groups in total. The van der Waals surface area contributed by atoms with E-state index in [0.29, 0.717) is 11.5 Å². The van der Waals surface area contributed by atoms with Gasteiger partial charge in [-0.2, -0.15) is 8.78 Å². The Hall–Kier alpha value is -2.15. The van der Waals surface area contributed by atoms with Crippen molar-refractivity contribution in [1.82, 2.24) is 0 Å². The lowest BCUT2D eigenvalue weighted by atomic mass is 9.77. The number of hydrogen-bond acceptors (Lipinski definition) is 2. The molecule has 3 rings (SSSR count). The van der Waals surface area contributed by atoms with Gasteiger partial charge in [0.15, 0.2) is 0 Å². The van der Waals surface area contributed by atoms with E-state index in [1.807, 2.05) is 0 Å². The van der Waals surface area contributed by atoms with Gasteiger partial charge in [-0.15, -0.1) is 13.2 Å². The first kappa shape index (κ1) is 27.4. The predicted octanol–water partition coefficient (Wildman–Crippen LogP) is 9.14. The number of ether oxygens (including phenoxy) is 2. The van der Waals surface area contributed by atoms with Crippen LogP contribution in [0.5, 0.6) is 5.75 Å². The van der Waals surface area contributed by atoms with Crippen LogP contribution in [0.25, 0.3) is 0 Å². The zero-order valence-electron chi connectivity index (χ0n) is 20.3. The van der Waals surface area contributed by atoms with Crippen molar-refractivity contribution in [3.63, 3.8) is 0 Å². The Balaban J connectivity index is 1.43. The second kappa shape index (κ2) is 12.7. The molecule has 0 saturated heterocycles. The summed E-state index contributed by atoms with van der Waals surface area (Å²) in [6, 6.07) is 11.6. The van der Waals surface area contributed by atoms with Crippen molar-refractivity contribution in [3.8, 4) is 5.75 Å². The molecule has 2 nitrogen and oxygen atoms in total. The van der Waals surface area contributed by atoms with Crippen molar-refractivity contribution in [2.75, 3.05) is 6.61 Å². The van der Waals surface area contributed by atoms with Crippen LogP contribution in [0.2, 0.25) is 0 Å². The number of hydrogen-bond donors (Lipinski definition) is 0. The molecule has 1 aliphatic rings. The molecule has 1 aliphatic carbocycles. The molecular formula is C28H35F5O2. The van der Waals surface area contributed by atoms with E-state index in [-0.39, 0.29) is 24.3 Å². The highest BCUT2D eigenvalue weighted by Gasteiger charge is 2.33. The van der Waals surface area contributed by atoms with Crippen LogP contribution in [0, 0.1) is 5.92 Å². The Morgan fingerprint density at radius 2 is 1.46 bits per heavy atom. The standard InChI is InChI=1S/C28H35F5O2/c1-2-3-4-5-6-21-7-11-23(12-8-21)24-13-15-25(16-14-24)27(29,30)34-20-19-22-9-17-26(18-10-22)35-28(31,32)33/h9-10,13-18,21,23H,2-8,11-12,19-20H2,1H3/t21-,23-. The van der Waals surface area contributed by atoms with Gasteiger partial charge in [-0.05, 0) is 67.2 Å². The maximum atomic E-state index is 14.5. The van der Waals surface area contributed by atoms with Gasteiger partial charge in [0.25, 0.3) is 0 Å². The Labute approximate surface area is 204 Å². The maximum Gasteiger partial charge on any atom is 0.573 e. The monoisotopic (exact) mass is 498 g/mol. The largest absolute Gasteiger partial charge is 0.573 e. The van der Waals surface area contributed by atoms with Crippen molar-refractivity contribution >= 4 is 0 Å². The van der Waals surface area contributed by atoms with E-state index >= 15 is 0 Å². The van der Waals surface area contributed by atoms with Crippen LogP contribution in [0.15, 0.2) is 48.5 Å². The normalized spacial score (nSPS) is 19.0. The van der Waals surface area contributed by atoms with Crippen molar-refractivity contribution in [2.45, 2.75) is 89.5 Å². The lowest BCUT2D eigenvalue weighted by molar-refractivity contribution is -0.274. The van der Waals surface area contributed by atoms with Crippen LogP contribution in [-0.4, -0.2) is 13.0 Å². The summed E-state index contributed by atoms with van der Waals surface area (Å²) < 4.78 is 74.4. The number of rotatable bonds is 12. The summed E-state index contributed by atoms with van der Waals surface area (Å²) in [5, 5.41) is 0. The molecule has 0 spiro atoms. The number of unbranched alkanes of at least 4 members (excludes halogenated alkanes) is 3. The van der Waals surface area contributed by atoms with Crippen molar-refractivity contribution in [3.05, 3.63) is 65.2 Å². The second-order valence-electron chi connectivity index (χ2n) is 9.50. The highest BCUT2D eigenvalue weighted by molar-refractivity contribution is 5.28. The summed E-state index contributed by atoms with van der Waals surface area (Å²) >= 11 is 0. The molecule has 7 heteroatoms. The molecule has 35 heavy (non-hydrogen) atoms. The number of benzene rings is 2. The zero-order chi connectivity index (χ0) is 25.3. The molecule has 0 aliphatic heterocycles. The highest BCUT2D eigenvalue weighted by Crippen LogP contribution is 2.39. The van der Waals surface area contributed by atoms with Gasteiger partial charge in [0.2, 0.25) is 0 Å². The minimum atomic E-state index is -4.77. The molecule has 0 amide bonds. The van der Waals surface area contributed by atoms with Gasteiger partial charge in [0.05, 0.1) is 12.2 Å². The first-order valence-electron chi connectivity index (χ1n) is 12.6. The molecular weight excluding hydrogens is 463 g/mol. The van der Waals surface area contributed by atoms with Gasteiger partial charge in [-0.3, -0.25) is 0 Å². The van der Waals surface area contributed by atoms with E-state index in [2.05, 4.69) is 11.7 Å². The van der Waals surface area contributed by atoms with Crippen LogP contribution in [0.1, 0.15) is 87.3 Å². The average molecular weight is 499 g/mol. The van der Waals surface area contributed by atoms with E-state index in [1.54, 1.807) is 12.1 Å². The maximum absolute atomic E-state index is 14.5. The summed E-state index contributed by atoms with van der Waals surface area (Å²) in [4.78, 5) is 0. The Morgan fingerprint density at radius 1 is 0.800 bits per heavy atom. The summed E-state index contributed by atoms with van der Waals surface area (Å²) in [6.07, 6.45) is 3.07. The lowest BCUT2D eigenvalue weighted by Gasteiger charge is -2.29. The molecule has 194 valence electrons. The summed E-state index contributed by atoms with van der Waals surface area (Å²) in [6.45, 7) is 1.96. The van der Waals surface area contributed by atoms with Crippen LogP contribution >= 0.6 is 0 Å².